The fourth-order valence-electron chi connectivity index (χ4n) is 2.90. The van der Waals surface area contributed by atoms with Gasteiger partial charge >= 0.3 is 5.97 Å². The van der Waals surface area contributed by atoms with Crippen molar-refractivity contribution in [3.05, 3.63) is 95.1 Å². The third kappa shape index (κ3) is 6.45. The van der Waals surface area contributed by atoms with Crippen LogP contribution in [0.3, 0.4) is 0 Å². The predicted molar refractivity (Wildman–Crippen MR) is 124 cm³/mol. The van der Waals surface area contributed by atoms with Crippen LogP contribution in [0.1, 0.15) is 21.5 Å². The van der Waals surface area contributed by atoms with E-state index in [2.05, 4.69) is 10.1 Å². The van der Waals surface area contributed by atoms with Crippen LogP contribution in [0.15, 0.2) is 78.4 Å². The van der Waals surface area contributed by atoms with Crippen LogP contribution in [-0.4, -0.2) is 26.1 Å². The van der Waals surface area contributed by atoms with E-state index in [0.29, 0.717) is 34.9 Å². The summed E-state index contributed by atoms with van der Waals surface area (Å²) in [4.78, 5) is 23.9. The molecule has 0 fully saturated rings. The van der Waals surface area contributed by atoms with Crippen molar-refractivity contribution in [1.29, 1.82) is 5.26 Å². The Kier molecular flexibility index (Phi) is 7.81. The third-order valence-electron chi connectivity index (χ3n) is 4.66. The topological polar surface area (TPSA) is 97.7 Å². The van der Waals surface area contributed by atoms with Crippen LogP contribution in [0.5, 0.6) is 11.5 Å². The van der Waals surface area contributed by atoms with Crippen molar-refractivity contribution in [2.45, 2.75) is 6.61 Å². The van der Waals surface area contributed by atoms with E-state index in [1.807, 2.05) is 6.07 Å². The number of nitriles is 1. The van der Waals surface area contributed by atoms with E-state index in [9.17, 15) is 14.9 Å². The first kappa shape index (κ1) is 23.1. The maximum absolute atomic E-state index is 12.5. The molecule has 0 heterocycles. The zero-order chi connectivity index (χ0) is 23.6. The molecule has 3 aromatic carbocycles. The second kappa shape index (κ2) is 11.2. The maximum atomic E-state index is 12.5. The summed E-state index contributed by atoms with van der Waals surface area (Å²) >= 11 is 0. The summed E-state index contributed by atoms with van der Waals surface area (Å²) in [6.45, 7) is 0.322. The van der Waals surface area contributed by atoms with Gasteiger partial charge in [0.1, 0.15) is 29.7 Å². The molecule has 3 rings (SSSR count). The molecular formula is C26H22N2O5. The monoisotopic (exact) mass is 442 g/mol. The SMILES string of the molecule is COC(=O)c1ccc(COc2ccc(/C=C(\C#N)C(=O)Nc3cccc(OC)c3)cc2)cc1. The van der Waals surface area contributed by atoms with Crippen LogP contribution >= 0.6 is 0 Å². The van der Waals surface area contributed by atoms with E-state index in [-0.39, 0.29) is 11.5 Å². The standard InChI is InChI=1S/C26H22N2O5/c1-31-24-5-3-4-22(15-24)28-25(29)21(16-27)14-18-8-12-23(13-9-18)33-17-19-6-10-20(11-7-19)26(30)32-2/h3-15H,17H2,1-2H3,(H,28,29)/b21-14+. The van der Waals surface area contributed by atoms with Crippen LogP contribution < -0.4 is 14.8 Å². The molecule has 0 atom stereocenters. The van der Waals surface area contributed by atoms with Crippen molar-refractivity contribution in [2.75, 3.05) is 19.5 Å². The summed E-state index contributed by atoms with van der Waals surface area (Å²) in [7, 11) is 2.88. The van der Waals surface area contributed by atoms with Gasteiger partial charge in [-0.3, -0.25) is 4.79 Å². The Morgan fingerprint density at radius 1 is 0.970 bits per heavy atom. The van der Waals surface area contributed by atoms with Gasteiger partial charge in [0.15, 0.2) is 0 Å². The van der Waals surface area contributed by atoms with Gasteiger partial charge in [-0.2, -0.15) is 5.26 Å². The minimum atomic E-state index is -0.513. The number of nitrogens with one attached hydrogen (secondary N) is 1. The Balaban J connectivity index is 1.61. The molecule has 1 amide bonds. The predicted octanol–water partition coefficient (Wildman–Crippen LogP) is 4.61. The molecule has 0 bridgehead atoms. The first-order valence-corrected chi connectivity index (χ1v) is 9.99. The number of anilines is 1. The van der Waals surface area contributed by atoms with Gasteiger partial charge in [0, 0.05) is 11.8 Å². The van der Waals surface area contributed by atoms with Crippen LogP contribution in [0, 0.1) is 11.3 Å². The Morgan fingerprint density at radius 3 is 2.33 bits per heavy atom. The maximum Gasteiger partial charge on any atom is 0.337 e. The molecule has 0 aliphatic heterocycles. The fraction of sp³-hybridized carbons (Fsp3) is 0.115. The zero-order valence-corrected chi connectivity index (χ0v) is 18.2. The number of nitrogens with zero attached hydrogens (tertiary/aromatic N) is 1. The van der Waals surface area contributed by atoms with E-state index in [0.717, 1.165) is 5.56 Å². The van der Waals surface area contributed by atoms with Gasteiger partial charge in [0.05, 0.1) is 19.8 Å². The van der Waals surface area contributed by atoms with E-state index in [1.165, 1.54) is 20.3 Å². The number of amides is 1. The molecular weight excluding hydrogens is 420 g/mol. The molecule has 1 N–H and O–H groups in total. The highest BCUT2D eigenvalue weighted by molar-refractivity contribution is 6.09. The van der Waals surface area contributed by atoms with Crippen molar-refractivity contribution < 1.29 is 23.8 Å². The smallest absolute Gasteiger partial charge is 0.337 e. The molecule has 7 nitrogen and oxygen atoms in total. The van der Waals surface area contributed by atoms with E-state index in [4.69, 9.17) is 9.47 Å². The van der Waals surface area contributed by atoms with E-state index >= 15 is 0 Å². The van der Waals surface area contributed by atoms with Crippen molar-refractivity contribution in [3.8, 4) is 17.6 Å². The molecule has 0 saturated heterocycles. The van der Waals surface area contributed by atoms with Gasteiger partial charge in [-0.05, 0) is 53.6 Å². The molecule has 0 unspecified atom stereocenters. The molecule has 0 aliphatic rings. The quantitative estimate of drug-likeness (QED) is 0.311. The lowest BCUT2D eigenvalue weighted by atomic mass is 10.1. The number of esters is 1. The number of benzene rings is 3. The minimum Gasteiger partial charge on any atom is -0.497 e. The van der Waals surface area contributed by atoms with Crippen molar-refractivity contribution in [2.24, 2.45) is 0 Å². The van der Waals surface area contributed by atoms with Crippen LogP contribution in [0.25, 0.3) is 6.08 Å². The highest BCUT2D eigenvalue weighted by Crippen LogP contribution is 2.19. The Bertz CT molecular complexity index is 1190. The van der Waals surface area contributed by atoms with Crippen LogP contribution in [0.4, 0.5) is 5.69 Å². The van der Waals surface area contributed by atoms with Crippen molar-refractivity contribution in [3.63, 3.8) is 0 Å². The molecule has 0 aromatic heterocycles. The number of methoxy groups -OCH3 is 2. The lowest BCUT2D eigenvalue weighted by Crippen LogP contribution is -2.13. The molecule has 0 spiro atoms. The Labute approximate surface area is 191 Å². The average Bonchev–Trinajstić information content (AvgIpc) is 2.86. The number of rotatable bonds is 8. The first-order valence-electron chi connectivity index (χ1n) is 9.99. The largest absolute Gasteiger partial charge is 0.497 e. The summed E-state index contributed by atoms with van der Waals surface area (Å²) in [6.07, 6.45) is 1.50. The van der Waals surface area contributed by atoms with E-state index in [1.54, 1.807) is 72.8 Å². The van der Waals surface area contributed by atoms with Crippen LogP contribution in [-0.2, 0) is 16.1 Å². The van der Waals surface area contributed by atoms with Crippen molar-refractivity contribution in [1.82, 2.24) is 0 Å². The second-order valence-electron chi connectivity index (χ2n) is 6.90. The Morgan fingerprint density at radius 2 is 1.70 bits per heavy atom. The number of hydrogen-bond donors (Lipinski definition) is 1. The number of ether oxygens (including phenoxy) is 3. The minimum absolute atomic E-state index is 0.0304. The number of hydrogen-bond acceptors (Lipinski definition) is 6. The molecule has 33 heavy (non-hydrogen) atoms. The summed E-state index contributed by atoms with van der Waals surface area (Å²) in [5.41, 5.74) is 2.55. The molecule has 0 aliphatic carbocycles. The summed E-state index contributed by atoms with van der Waals surface area (Å²) in [5, 5.41) is 12.1. The van der Waals surface area contributed by atoms with Gasteiger partial charge < -0.3 is 19.5 Å². The summed E-state index contributed by atoms with van der Waals surface area (Å²) in [6, 6.07) is 22.8. The lowest BCUT2D eigenvalue weighted by Gasteiger charge is -2.08. The van der Waals surface area contributed by atoms with Gasteiger partial charge in [0.2, 0.25) is 0 Å². The van der Waals surface area contributed by atoms with Gasteiger partial charge in [0.25, 0.3) is 5.91 Å². The fourth-order valence-corrected chi connectivity index (χ4v) is 2.90. The lowest BCUT2D eigenvalue weighted by molar-refractivity contribution is -0.112. The normalized spacial score (nSPS) is 10.6. The highest BCUT2D eigenvalue weighted by atomic mass is 16.5. The number of carbonyl (C=O) groups is 2. The third-order valence-corrected chi connectivity index (χ3v) is 4.66. The molecule has 166 valence electrons. The molecule has 0 saturated carbocycles. The summed E-state index contributed by atoms with van der Waals surface area (Å²) in [5.74, 6) is 0.329. The van der Waals surface area contributed by atoms with Gasteiger partial charge in [-0.1, -0.05) is 30.3 Å². The Hall–Kier alpha value is -4.57. The van der Waals surface area contributed by atoms with Gasteiger partial charge in [-0.25, -0.2) is 4.79 Å². The summed E-state index contributed by atoms with van der Waals surface area (Å²) < 4.78 is 15.6. The molecule has 0 radical (unpaired) electrons. The molecule has 3 aromatic rings. The van der Waals surface area contributed by atoms with Crippen LogP contribution in [0.2, 0.25) is 0 Å². The van der Waals surface area contributed by atoms with Gasteiger partial charge in [-0.15, -0.1) is 0 Å². The second-order valence-corrected chi connectivity index (χ2v) is 6.90. The highest BCUT2D eigenvalue weighted by Gasteiger charge is 2.10. The number of carbonyl (C=O) groups excluding carboxylic acids is 2. The first-order chi connectivity index (χ1) is 16.0. The zero-order valence-electron chi connectivity index (χ0n) is 18.2. The molecule has 7 heteroatoms. The average molecular weight is 442 g/mol. The van der Waals surface area contributed by atoms with Crippen molar-refractivity contribution >= 4 is 23.6 Å². The van der Waals surface area contributed by atoms with E-state index < -0.39 is 5.91 Å².